The first-order valence-electron chi connectivity index (χ1n) is 5.10. The Morgan fingerprint density at radius 2 is 1.94 bits per heavy atom. The predicted molar refractivity (Wildman–Crippen MR) is 71.6 cm³/mol. The molecule has 1 unspecified atom stereocenters. The highest BCUT2D eigenvalue weighted by Gasteiger charge is 2.22. The summed E-state index contributed by atoms with van der Waals surface area (Å²) < 4.78 is 28.0. The minimum Gasteiger partial charge on any atom is -0.309 e. The van der Waals surface area contributed by atoms with Crippen molar-refractivity contribution in [3.8, 4) is 0 Å². The van der Waals surface area contributed by atoms with E-state index in [1.54, 1.807) is 13.1 Å². The molecule has 0 radical (unpaired) electrons. The molecule has 1 N–H and O–H groups in total. The third-order valence-corrected chi connectivity index (χ3v) is 4.09. The fourth-order valence-corrected chi connectivity index (χ4v) is 3.30. The van der Waals surface area contributed by atoms with Gasteiger partial charge in [0.05, 0.1) is 14.7 Å². The lowest BCUT2D eigenvalue weighted by Crippen LogP contribution is -2.19. The zero-order valence-electron chi connectivity index (χ0n) is 9.31. The lowest BCUT2D eigenvalue weighted by atomic mass is 10.0. The predicted octanol–water partition coefficient (Wildman–Crippen LogP) is 4.64. The van der Waals surface area contributed by atoms with Crippen LogP contribution in [-0.2, 0) is 0 Å². The summed E-state index contributed by atoms with van der Waals surface area (Å²) in [5, 5.41) is 2.91. The largest absolute Gasteiger partial charge is 0.309 e. The molecule has 0 aliphatic carbocycles. The van der Waals surface area contributed by atoms with Crippen LogP contribution < -0.4 is 5.32 Å². The van der Waals surface area contributed by atoms with Crippen LogP contribution in [0.2, 0.25) is 8.67 Å². The van der Waals surface area contributed by atoms with Crippen molar-refractivity contribution in [3.63, 3.8) is 0 Å². The van der Waals surface area contributed by atoms with Gasteiger partial charge in [-0.25, -0.2) is 8.78 Å². The Bertz CT molecular complexity index is 571. The fraction of sp³-hybridized carbons (Fsp3) is 0.167. The van der Waals surface area contributed by atoms with Gasteiger partial charge in [0.25, 0.3) is 0 Å². The number of hydrogen-bond donors (Lipinski definition) is 1. The smallest absolute Gasteiger partial charge is 0.163 e. The van der Waals surface area contributed by atoms with Crippen molar-refractivity contribution in [3.05, 3.63) is 55.7 Å². The molecule has 0 aliphatic rings. The second-order valence-corrected chi connectivity index (χ2v) is 5.93. The van der Waals surface area contributed by atoms with E-state index in [2.05, 4.69) is 5.32 Å². The van der Waals surface area contributed by atoms with Crippen LogP contribution >= 0.6 is 34.5 Å². The van der Waals surface area contributed by atoms with Crippen LogP contribution in [0.1, 0.15) is 17.2 Å². The first kappa shape index (κ1) is 13.7. The maximum atomic E-state index is 13.8. The van der Waals surface area contributed by atoms with Gasteiger partial charge in [-0.05, 0) is 19.2 Å². The van der Waals surface area contributed by atoms with Crippen molar-refractivity contribution in [2.24, 2.45) is 0 Å². The van der Waals surface area contributed by atoms with Gasteiger partial charge in [0.1, 0.15) is 0 Å². The van der Waals surface area contributed by atoms with Gasteiger partial charge in [0, 0.05) is 11.1 Å². The van der Waals surface area contributed by atoms with Crippen LogP contribution in [0.15, 0.2) is 24.3 Å². The molecule has 18 heavy (non-hydrogen) atoms. The molecule has 2 rings (SSSR count). The third kappa shape index (κ3) is 2.52. The average molecular weight is 308 g/mol. The lowest BCUT2D eigenvalue weighted by molar-refractivity contribution is 0.487. The number of rotatable bonds is 3. The number of hydrogen-bond acceptors (Lipinski definition) is 2. The number of halogens is 4. The van der Waals surface area contributed by atoms with E-state index in [0.29, 0.717) is 14.2 Å². The van der Waals surface area contributed by atoms with E-state index in [1.807, 2.05) is 0 Å². The van der Waals surface area contributed by atoms with Gasteiger partial charge in [-0.3, -0.25) is 0 Å². The Hall–Kier alpha value is -0.680. The Labute approximate surface area is 117 Å². The van der Waals surface area contributed by atoms with E-state index in [0.717, 1.165) is 6.07 Å². The van der Waals surface area contributed by atoms with Crippen LogP contribution in [0.3, 0.4) is 0 Å². The summed E-state index contributed by atoms with van der Waals surface area (Å²) in [4.78, 5) is 0. The molecule has 1 nitrogen and oxygen atoms in total. The van der Waals surface area contributed by atoms with Crippen LogP contribution in [0.25, 0.3) is 0 Å². The van der Waals surface area contributed by atoms with Gasteiger partial charge >= 0.3 is 0 Å². The lowest BCUT2D eigenvalue weighted by Gasteiger charge is -2.17. The minimum atomic E-state index is -0.884. The van der Waals surface area contributed by atoms with Crippen molar-refractivity contribution in [2.75, 3.05) is 7.05 Å². The Morgan fingerprint density at radius 3 is 2.50 bits per heavy atom. The van der Waals surface area contributed by atoms with Gasteiger partial charge < -0.3 is 5.32 Å². The molecule has 1 atom stereocenters. The first-order chi connectivity index (χ1) is 8.54. The number of nitrogens with one attached hydrogen (secondary N) is 1. The summed E-state index contributed by atoms with van der Waals surface area (Å²) in [6.45, 7) is 0. The summed E-state index contributed by atoms with van der Waals surface area (Å²) >= 11 is 13.1. The van der Waals surface area contributed by atoms with Gasteiger partial charge in [0.2, 0.25) is 0 Å². The molecule has 1 aromatic carbocycles. The highest BCUT2D eigenvalue weighted by Crippen LogP contribution is 2.38. The van der Waals surface area contributed by atoms with Crippen molar-refractivity contribution in [1.29, 1.82) is 0 Å². The summed E-state index contributed by atoms with van der Waals surface area (Å²) in [6, 6.07) is 5.17. The maximum absolute atomic E-state index is 13.8. The van der Waals surface area contributed by atoms with E-state index in [1.165, 1.54) is 23.5 Å². The summed E-state index contributed by atoms with van der Waals surface area (Å²) in [5.74, 6) is -1.76. The first-order valence-corrected chi connectivity index (χ1v) is 6.67. The molecule has 0 saturated carbocycles. The average Bonchev–Trinajstić information content (AvgIpc) is 2.65. The molecule has 96 valence electrons. The summed E-state index contributed by atoms with van der Waals surface area (Å²) in [7, 11) is 1.65. The molecule has 1 aromatic heterocycles. The molecule has 0 aliphatic heterocycles. The molecule has 2 aromatic rings. The van der Waals surface area contributed by atoms with Crippen LogP contribution in [-0.4, -0.2) is 7.05 Å². The van der Waals surface area contributed by atoms with Crippen molar-refractivity contribution in [1.82, 2.24) is 5.32 Å². The molecule has 0 bridgehead atoms. The van der Waals surface area contributed by atoms with E-state index >= 15 is 0 Å². The zero-order valence-corrected chi connectivity index (χ0v) is 11.6. The highest BCUT2D eigenvalue weighted by atomic mass is 35.5. The second-order valence-electron chi connectivity index (χ2n) is 3.64. The molecular formula is C12H9Cl2F2NS. The Morgan fingerprint density at radius 1 is 1.22 bits per heavy atom. The van der Waals surface area contributed by atoms with Crippen LogP contribution in [0.5, 0.6) is 0 Å². The number of benzene rings is 1. The minimum absolute atomic E-state index is 0.203. The summed E-state index contributed by atoms with van der Waals surface area (Å²) in [6.07, 6.45) is 0. The monoisotopic (exact) mass is 307 g/mol. The van der Waals surface area contributed by atoms with Gasteiger partial charge in [-0.1, -0.05) is 35.3 Å². The quantitative estimate of drug-likeness (QED) is 0.871. The molecule has 1 heterocycles. The SMILES string of the molecule is CNC(c1cc(Cl)sc1Cl)c1cccc(F)c1F. The van der Waals surface area contributed by atoms with Crippen molar-refractivity contribution in [2.45, 2.75) is 6.04 Å². The van der Waals surface area contributed by atoms with Crippen molar-refractivity contribution < 1.29 is 8.78 Å². The molecule has 0 amide bonds. The van der Waals surface area contributed by atoms with Crippen LogP contribution in [0.4, 0.5) is 8.78 Å². The van der Waals surface area contributed by atoms with E-state index in [-0.39, 0.29) is 5.56 Å². The maximum Gasteiger partial charge on any atom is 0.163 e. The zero-order chi connectivity index (χ0) is 13.3. The van der Waals surface area contributed by atoms with Gasteiger partial charge in [-0.15, -0.1) is 11.3 Å². The second kappa shape index (κ2) is 5.53. The molecular weight excluding hydrogens is 299 g/mol. The van der Waals surface area contributed by atoms with E-state index < -0.39 is 17.7 Å². The Balaban J connectivity index is 2.52. The number of thiophene rings is 1. The van der Waals surface area contributed by atoms with E-state index in [4.69, 9.17) is 23.2 Å². The molecule has 0 saturated heterocycles. The van der Waals surface area contributed by atoms with Crippen molar-refractivity contribution >= 4 is 34.5 Å². The third-order valence-electron chi connectivity index (χ3n) is 2.58. The molecule has 6 heteroatoms. The normalized spacial score (nSPS) is 12.7. The highest BCUT2D eigenvalue weighted by molar-refractivity contribution is 7.20. The summed E-state index contributed by atoms with van der Waals surface area (Å²) in [5.41, 5.74) is 0.840. The molecule has 0 fully saturated rings. The van der Waals surface area contributed by atoms with Crippen LogP contribution in [0, 0.1) is 11.6 Å². The standard InChI is InChI=1S/C12H9Cl2F2NS/c1-17-11(7-5-9(13)18-12(7)14)6-3-2-4-8(15)10(6)16/h2-5,11,17H,1H3. The fourth-order valence-electron chi connectivity index (χ4n) is 1.77. The van der Waals surface area contributed by atoms with Gasteiger partial charge in [0.15, 0.2) is 11.6 Å². The van der Waals surface area contributed by atoms with E-state index in [9.17, 15) is 8.78 Å². The topological polar surface area (TPSA) is 12.0 Å². The Kier molecular flexibility index (Phi) is 4.22. The van der Waals surface area contributed by atoms with Gasteiger partial charge in [-0.2, -0.15) is 0 Å². The molecule has 0 spiro atoms.